The smallest absolute Gasteiger partial charge is 0.00640 e. The van der Waals surface area contributed by atoms with Gasteiger partial charge in [0.15, 0.2) is 0 Å². The SMILES string of the molecule is CC.CNC1CCCCC1.CNCC(C)C.[HH]. The molecule has 16 heavy (non-hydrogen) atoms. The van der Waals surface area contributed by atoms with Crippen LogP contribution in [0.4, 0.5) is 0 Å². The van der Waals surface area contributed by atoms with E-state index < -0.39 is 0 Å². The van der Waals surface area contributed by atoms with Crippen LogP contribution in [-0.2, 0) is 0 Å². The lowest BCUT2D eigenvalue weighted by atomic mass is 9.96. The lowest BCUT2D eigenvalue weighted by Gasteiger charge is -2.20. The van der Waals surface area contributed by atoms with Gasteiger partial charge in [-0.2, -0.15) is 0 Å². The molecule has 0 atom stereocenters. The molecule has 0 amide bonds. The zero-order valence-corrected chi connectivity index (χ0v) is 12.4. The largest absolute Gasteiger partial charge is 0.319 e. The number of hydrogen-bond donors (Lipinski definition) is 2. The van der Waals surface area contributed by atoms with Gasteiger partial charge in [-0.1, -0.05) is 47.0 Å². The summed E-state index contributed by atoms with van der Waals surface area (Å²) in [5, 5.41) is 6.37. The molecule has 102 valence electrons. The molecule has 0 bridgehead atoms. The van der Waals surface area contributed by atoms with E-state index in [4.69, 9.17) is 0 Å². The van der Waals surface area contributed by atoms with Crippen LogP contribution < -0.4 is 10.6 Å². The Balaban J connectivity index is -0.000000197. The van der Waals surface area contributed by atoms with Crippen molar-refractivity contribution in [1.29, 1.82) is 0 Å². The summed E-state index contributed by atoms with van der Waals surface area (Å²) in [6, 6.07) is 0.837. The Hall–Kier alpha value is -0.0800. The third-order valence-corrected chi connectivity index (χ3v) is 2.63. The zero-order chi connectivity index (χ0) is 12.8. The molecule has 2 N–H and O–H groups in total. The summed E-state index contributed by atoms with van der Waals surface area (Å²) in [5.41, 5.74) is 0. The van der Waals surface area contributed by atoms with Crippen molar-refractivity contribution in [2.75, 3.05) is 20.6 Å². The maximum absolute atomic E-state index is 3.30. The zero-order valence-electron chi connectivity index (χ0n) is 12.4. The van der Waals surface area contributed by atoms with Gasteiger partial charge in [-0.15, -0.1) is 0 Å². The van der Waals surface area contributed by atoms with Crippen LogP contribution in [0.25, 0.3) is 0 Å². The fourth-order valence-electron chi connectivity index (χ4n) is 1.80. The van der Waals surface area contributed by atoms with Crippen molar-refractivity contribution in [3.05, 3.63) is 0 Å². The van der Waals surface area contributed by atoms with Crippen molar-refractivity contribution in [3.63, 3.8) is 0 Å². The standard InChI is InChI=1S/C7H15N.C5H13N.C2H6.H2/c1-8-7-5-3-2-4-6-7;1-5(2)4-6-3;1-2;/h7-8H,2-6H2,1H3;5-6H,4H2,1-3H3;1-2H3;1H. The van der Waals surface area contributed by atoms with Crippen molar-refractivity contribution >= 4 is 0 Å². The second-order valence-corrected chi connectivity index (χ2v) is 4.58. The number of rotatable bonds is 3. The van der Waals surface area contributed by atoms with Crippen LogP contribution in [0.1, 0.15) is 61.2 Å². The molecule has 0 aromatic carbocycles. The Morgan fingerprint density at radius 3 is 1.75 bits per heavy atom. The quantitative estimate of drug-likeness (QED) is 0.776. The minimum Gasteiger partial charge on any atom is -0.319 e. The summed E-state index contributed by atoms with van der Waals surface area (Å²) < 4.78 is 0. The van der Waals surface area contributed by atoms with Crippen molar-refractivity contribution in [2.24, 2.45) is 5.92 Å². The summed E-state index contributed by atoms with van der Waals surface area (Å²) >= 11 is 0. The summed E-state index contributed by atoms with van der Waals surface area (Å²) in [4.78, 5) is 0. The van der Waals surface area contributed by atoms with Gasteiger partial charge >= 0.3 is 0 Å². The molecule has 0 spiro atoms. The minimum absolute atomic E-state index is 0. The van der Waals surface area contributed by atoms with Crippen molar-refractivity contribution in [2.45, 2.75) is 65.8 Å². The lowest BCUT2D eigenvalue weighted by Crippen LogP contribution is -2.26. The van der Waals surface area contributed by atoms with Crippen LogP contribution in [0.15, 0.2) is 0 Å². The van der Waals surface area contributed by atoms with E-state index in [1.807, 2.05) is 20.9 Å². The van der Waals surface area contributed by atoms with Crippen LogP contribution >= 0.6 is 0 Å². The highest BCUT2D eigenvalue weighted by Gasteiger charge is 2.09. The fraction of sp³-hybridized carbons (Fsp3) is 1.00. The number of hydrogen-bond acceptors (Lipinski definition) is 2. The molecule has 0 radical (unpaired) electrons. The van der Waals surface area contributed by atoms with Gasteiger partial charge in [0.25, 0.3) is 0 Å². The molecule has 0 aromatic heterocycles. The van der Waals surface area contributed by atoms with Gasteiger partial charge in [0.1, 0.15) is 0 Å². The van der Waals surface area contributed by atoms with Crippen LogP contribution in [-0.4, -0.2) is 26.7 Å². The van der Waals surface area contributed by atoms with E-state index in [0.29, 0.717) is 0 Å². The van der Waals surface area contributed by atoms with E-state index in [-0.39, 0.29) is 1.43 Å². The third-order valence-electron chi connectivity index (χ3n) is 2.63. The lowest BCUT2D eigenvalue weighted by molar-refractivity contribution is 0.394. The Kier molecular flexibility index (Phi) is 17.1. The molecule has 1 rings (SSSR count). The van der Waals surface area contributed by atoms with Gasteiger partial charge in [0.05, 0.1) is 0 Å². The first kappa shape index (κ1) is 18.3. The van der Waals surface area contributed by atoms with Crippen molar-refractivity contribution in [1.82, 2.24) is 10.6 Å². The molecule has 1 aliphatic rings. The molecule has 1 fully saturated rings. The Labute approximate surface area is 105 Å². The van der Waals surface area contributed by atoms with Gasteiger partial charge in [0, 0.05) is 7.47 Å². The van der Waals surface area contributed by atoms with Crippen molar-refractivity contribution in [3.8, 4) is 0 Å². The van der Waals surface area contributed by atoms with Gasteiger partial charge in [-0.3, -0.25) is 0 Å². The highest BCUT2D eigenvalue weighted by atomic mass is 14.9. The molecule has 1 saturated carbocycles. The normalized spacial score (nSPS) is 15.9. The first-order valence-corrected chi connectivity index (χ1v) is 7.02. The molecule has 2 nitrogen and oxygen atoms in total. The summed E-state index contributed by atoms with van der Waals surface area (Å²) in [7, 11) is 4.04. The van der Waals surface area contributed by atoms with Gasteiger partial charge in [-0.05, 0) is 39.4 Å². The topological polar surface area (TPSA) is 24.1 Å². The highest BCUT2D eigenvalue weighted by molar-refractivity contribution is 4.68. The van der Waals surface area contributed by atoms with Crippen LogP contribution in [0.3, 0.4) is 0 Å². The Morgan fingerprint density at radius 2 is 1.56 bits per heavy atom. The van der Waals surface area contributed by atoms with E-state index in [9.17, 15) is 0 Å². The van der Waals surface area contributed by atoms with Crippen LogP contribution in [0.5, 0.6) is 0 Å². The molecular formula is C14H36N2. The molecule has 1 aliphatic carbocycles. The van der Waals surface area contributed by atoms with E-state index >= 15 is 0 Å². The maximum atomic E-state index is 3.30. The van der Waals surface area contributed by atoms with Crippen LogP contribution in [0.2, 0.25) is 0 Å². The molecule has 2 heteroatoms. The predicted octanol–water partition coefficient (Wildman–Crippen LogP) is 3.67. The summed E-state index contributed by atoms with van der Waals surface area (Å²) in [5.74, 6) is 0.787. The maximum Gasteiger partial charge on any atom is 0.00640 e. The first-order chi connectivity index (χ1) is 7.70. The van der Waals surface area contributed by atoms with Gasteiger partial charge in [0.2, 0.25) is 0 Å². The Morgan fingerprint density at radius 1 is 1.06 bits per heavy atom. The van der Waals surface area contributed by atoms with E-state index in [1.165, 1.54) is 32.1 Å². The van der Waals surface area contributed by atoms with E-state index in [1.54, 1.807) is 0 Å². The molecule has 0 aliphatic heterocycles. The molecular weight excluding hydrogens is 196 g/mol. The first-order valence-electron chi connectivity index (χ1n) is 7.02. The highest BCUT2D eigenvalue weighted by Crippen LogP contribution is 2.16. The number of nitrogens with one attached hydrogen (secondary N) is 2. The van der Waals surface area contributed by atoms with E-state index in [0.717, 1.165) is 18.5 Å². The Bertz CT molecular complexity index is 113. The van der Waals surface area contributed by atoms with Gasteiger partial charge < -0.3 is 10.6 Å². The monoisotopic (exact) mass is 232 g/mol. The summed E-state index contributed by atoms with van der Waals surface area (Å²) in [6.07, 6.45) is 7.13. The van der Waals surface area contributed by atoms with Crippen molar-refractivity contribution < 1.29 is 1.43 Å². The average molecular weight is 232 g/mol. The molecule has 0 saturated heterocycles. The average Bonchev–Trinajstić information content (AvgIpc) is 2.33. The minimum atomic E-state index is 0. The molecule has 0 heterocycles. The van der Waals surface area contributed by atoms with E-state index in [2.05, 4.69) is 31.5 Å². The molecule has 0 unspecified atom stereocenters. The fourth-order valence-corrected chi connectivity index (χ4v) is 1.80. The predicted molar refractivity (Wildman–Crippen MR) is 78.2 cm³/mol. The second kappa shape index (κ2) is 14.9. The third kappa shape index (κ3) is 13.9. The second-order valence-electron chi connectivity index (χ2n) is 4.58. The summed E-state index contributed by atoms with van der Waals surface area (Å²) in [6.45, 7) is 9.51. The van der Waals surface area contributed by atoms with Crippen LogP contribution in [0, 0.1) is 5.92 Å². The molecule has 0 aromatic rings. The van der Waals surface area contributed by atoms with Gasteiger partial charge in [-0.25, -0.2) is 0 Å².